The number of nitrogens with zero attached hydrogens (tertiary/aromatic N) is 2. The Balaban J connectivity index is 2.39. The molecule has 98 valence electrons. The number of hydrogen-bond acceptors (Lipinski definition) is 5. The highest BCUT2D eigenvalue weighted by atomic mass is 35.5. The van der Waals surface area contributed by atoms with Gasteiger partial charge in [0.2, 0.25) is 5.88 Å². The van der Waals surface area contributed by atoms with Gasteiger partial charge in [0.05, 0.1) is 7.11 Å². The lowest BCUT2D eigenvalue weighted by atomic mass is 10.3. The zero-order valence-electron chi connectivity index (χ0n) is 10.1. The Kier molecular flexibility index (Phi) is 3.82. The molecule has 1 amide bonds. The van der Waals surface area contributed by atoms with Crippen molar-refractivity contribution < 1.29 is 9.53 Å². The zero-order chi connectivity index (χ0) is 13.8. The highest BCUT2D eigenvalue weighted by Crippen LogP contribution is 2.25. The summed E-state index contributed by atoms with van der Waals surface area (Å²) in [5, 5.41) is 3.02. The van der Waals surface area contributed by atoms with Crippen molar-refractivity contribution in [2.75, 3.05) is 12.4 Å². The van der Waals surface area contributed by atoms with Crippen molar-refractivity contribution in [3.63, 3.8) is 0 Å². The molecule has 1 aromatic carbocycles. The summed E-state index contributed by atoms with van der Waals surface area (Å²) in [6, 6.07) is 9.28. The van der Waals surface area contributed by atoms with E-state index < -0.39 is 5.91 Å². The summed E-state index contributed by atoms with van der Waals surface area (Å²) in [5.74, 6) is -0.442. The molecule has 0 aliphatic carbocycles. The van der Waals surface area contributed by atoms with Crippen LogP contribution in [0.2, 0.25) is 5.15 Å². The number of benzene rings is 1. The molecule has 0 saturated carbocycles. The number of carbonyl (C=O) groups excluding carboxylic acids is 1. The summed E-state index contributed by atoms with van der Waals surface area (Å²) in [6.45, 7) is 0. The lowest BCUT2D eigenvalue weighted by Crippen LogP contribution is -2.16. The van der Waals surface area contributed by atoms with Crippen LogP contribution in [0.3, 0.4) is 0 Å². The number of primary amides is 1. The highest BCUT2D eigenvalue weighted by molar-refractivity contribution is 6.32. The number of amides is 1. The molecule has 7 heteroatoms. The first-order valence-electron chi connectivity index (χ1n) is 5.35. The molecule has 3 N–H and O–H groups in total. The molecule has 0 saturated heterocycles. The van der Waals surface area contributed by atoms with Crippen LogP contribution < -0.4 is 15.8 Å². The van der Waals surface area contributed by atoms with Gasteiger partial charge in [-0.2, -0.15) is 4.98 Å². The summed E-state index contributed by atoms with van der Waals surface area (Å²) in [5.41, 5.74) is 5.84. The second-order valence-corrected chi connectivity index (χ2v) is 3.93. The van der Waals surface area contributed by atoms with Gasteiger partial charge in [-0.3, -0.25) is 4.79 Å². The van der Waals surface area contributed by atoms with Crippen LogP contribution in [0.1, 0.15) is 10.5 Å². The van der Waals surface area contributed by atoms with Crippen molar-refractivity contribution in [3.05, 3.63) is 41.2 Å². The monoisotopic (exact) mass is 278 g/mol. The Labute approximate surface area is 114 Å². The predicted octanol–water partition coefficient (Wildman–Crippen LogP) is 1.98. The smallest absolute Gasteiger partial charge is 0.273 e. The first kappa shape index (κ1) is 13.1. The van der Waals surface area contributed by atoms with Crippen molar-refractivity contribution >= 4 is 29.0 Å². The first-order chi connectivity index (χ1) is 9.11. The van der Waals surface area contributed by atoms with E-state index >= 15 is 0 Å². The molecular weight excluding hydrogens is 268 g/mol. The minimum absolute atomic E-state index is 0.0235. The van der Waals surface area contributed by atoms with Gasteiger partial charge >= 0.3 is 0 Å². The van der Waals surface area contributed by atoms with Crippen LogP contribution in [0.4, 0.5) is 11.5 Å². The molecule has 0 atom stereocenters. The van der Waals surface area contributed by atoms with E-state index in [2.05, 4.69) is 15.3 Å². The molecule has 0 unspecified atom stereocenters. The quantitative estimate of drug-likeness (QED) is 0.892. The van der Waals surface area contributed by atoms with Crippen LogP contribution in [0.25, 0.3) is 0 Å². The second-order valence-electron chi connectivity index (χ2n) is 3.58. The molecule has 0 radical (unpaired) electrons. The van der Waals surface area contributed by atoms with Crippen molar-refractivity contribution in [2.45, 2.75) is 0 Å². The van der Waals surface area contributed by atoms with Crippen molar-refractivity contribution in [1.29, 1.82) is 0 Å². The van der Waals surface area contributed by atoms with Gasteiger partial charge in [-0.05, 0) is 12.1 Å². The van der Waals surface area contributed by atoms with Gasteiger partial charge < -0.3 is 15.8 Å². The van der Waals surface area contributed by atoms with Crippen LogP contribution in [0.5, 0.6) is 5.88 Å². The van der Waals surface area contributed by atoms with Gasteiger partial charge in [-0.25, -0.2) is 4.98 Å². The third-order valence-corrected chi connectivity index (χ3v) is 2.55. The van der Waals surface area contributed by atoms with Crippen LogP contribution in [-0.4, -0.2) is 23.0 Å². The predicted molar refractivity (Wildman–Crippen MR) is 71.8 cm³/mol. The first-order valence-corrected chi connectivity index (χ1v) is 5.73. The number of ether oxygens (including phenoxy) is 1. The molecule has 19 heavy (non-hydrogen) atoms. The van der Waals surface area contributed by atoms with Gasteiger partial charge in [0.15, 0.2) is 16.7 Å². The third-order valence-electron chi connectivity index (χ3n) is 2.28. The average molecular weight is 279 g/mol. The number of methoxy groups -OCH3 is 1. The summed E-state index contributed by atoms with van der Waals surface area (Å²) >= 11 is 5.95. The van der Waals surface area contributed by atoms with Gasteiger partial charge in [0.1, 0.15) is 0 Å². The van der Waals surface area contributed by atoms with Crippen LogP contribution in [-0.2, 0) is 0 Å². The van der Waals surface area contributed by atoms with Crippen LogP contribution >= 0.6 is 11.6 Å². The molecule has 2 aromatic rings. The molecule has 1 heterocycles. The number of carbonyl (C=O) groups is 1. The molecule has 0 aliphatic rings. The largest absolute Gasteiger partial charge is 0.479 e. The summed E-state index contributed by atoms with van der Waals surface area (Å²) in [7, 11) is 1.37. The van der Waals surface area contributed by atoms with E-state index in [1.165, 1.54) is 7.11 Å². The summed E-state index contributed by atoms with van der Waals surface area (Å²) in [4.78, 5) is 19.1. The van der Waals surface area contributed by atoms with E-state index in [-0.39, 0.29) is 22.5 Å². The van der Waals surface area contributed by atoms with Crippen LogP contribution in [0, 0.1) is 0 Å². The van der Waals surface area contributed by atoms with Gasteiger partial charge in [-0.15, -0.1) is 0 Å². The fourth-order valence-electron chi connectivity index (χ4n) is 1.44. The minimum atomic E-state index is -0.752. The Morgan fingerprint density at radius 3 is 2.58 bits per heavy atom. The lowest BCUT2D eigenvalue weighted by Gasteiger charge is -2.10. The molecule has 2 rings (SSSR count). The Bertz CT molecular complexity index is 604. The number of hydrogen-bond donors (Lipinski definition) is 2. The number of nitrogens with two attached hydrogens (primary N) is 1. The molecule has 0 spiro atoms. The van der Waals surface area contributed by atoms with Crippen molar-refractivity contribution in [1.82, 2.24) is 9.97 Å². The van der Waals surface area contributed by atoms with Gasteiger partial charge in [0, 0.05) is 5.69 Å². The standard InChI is InChI=1S/C12H11ClN4O2/c1-19-12-8(10(14)18)16-9(13)11(17-12)15-7-5-3-2-4-6-7/h2-6H,1H3,(H2,14,18)(H,15,17). The Hall–Kier alpha value is -2.34. The van der Waals surface area contributed by atoms with E-state index in [0.717, 1.165) is 5.69 Å². The Morgan fingerprint density at radius 1 is 1.32 bits per heavy atom. The maximum atomic E-state index is 11.2. The summed E-state index contributed by atoms with van der Waals surface area (Å²) in [6.07, 6.45) is 0. The van der Waals surface area contributed by atoms with E-state index in [1.807, 2.05) is 30.3 Å². The molecular formula is C12H11ClN4O2. The topological polar surface area (TPSA) is 90.1 Å². The number of rotatable bonds is 4. The van der Waals surface area contributed by atoms with E-state index in [1.54, 1.807) is 0 Å². The number of para-hydroxylation sites is 1. The van der Waals surface area contributed by atoms with E-state index in [4.69, 9.17) is 22.1 Å². The number of aromatic nitrogens is 2. The highest BCUT2D eigenvalue weighted by Gasteiger charge is 2.17. The average Bonchev–Trinajstić information content (AvgIpc) is 2.41. The minimum Gasteiger partial charge on any atom is -0.479 e. The van der Waals surface area contributed by atoms with E-state index in [0.29, 0.717) is 0 Å². The molecule has 1 aromatic heterocycles. The van der Waals surface area contributed by atoms with Crippen LogP contribution in [0.15, 0.2) is 30.3 Å². The molecule has 0 fully saturated rings. The Morgan fingerprint density at radius 2 is 2.00 bits per heavy atom. The third kappa shape index (κ3) is 2.92. The van der Waals surface area contributed by atoms with Crippen molar-refractivity contribution in [2.24, 2.45) is 5.73 Å². The maximum Gasteiger partial charge on any atom is 0.273 e. The molecule has 0 aliphatic heterocycles. The van der Waals surface area contributed by atoms with Gasteiger partial charge in [-0.1, -0.05) is 29.8 Å². The normalized spacial score (nSPS) is 10.0. The number of halogens is 1. The summed E-state index contributed by atoms with van der Waals surface area (Å²) < 4.78 is 4.97. The lowest BCUT2D eigenvalue weighted by molar-refractivity contribution is 0.0991. The van der Waals surface area contributed by atoms with Gasteiger partial charge in [0.25, 0.3) is 5.91 Å². The fraction of sp³-hybridized carbons (Fsp3) is 0.0833. The second kappa shape index (κ2) is 5.53. The fourth-order valence-corrected chi connectivity index (χ4v) is 1.61. The van der Waals surface area contributed by atoms with Crippen molar-refractivity contribution in [3.8, 4) is 5.88 Å². The van der Waals surface area contributed by atoms with E-state index in [9.17, 15) is 4.79 Å². The number of nitrogens with one attached hydrogen (secondary N) is 1. The molecule has 6 nitrogen and oxygen atoms in total. The zero-order valence-corrected chi connectivity index (χ0v) is 10.8. The number of anilines is 2. The SMILES string of the molecule is COc1nc(Nc2ccccc2)c(Cl)nc1C(N)=O. The maximum absolute atomic E-state index is 11.2. The molecule has 0 bridgehead atoms.